The minimum absolute atomic E-state index is 0.102. The Hall–Kier alpha value is -6.55. The molecule has 266 valence electrons. The highest BCUT2D eigenvalue weighted by atomic mass is 19.1. The van der Waals surface area contributed by atoms with Gasteiger partial charge >= 0.3 is 11.9 Å². The summed E-state index contributed by atoms with van der Waals surface area (Å²) in [4.78, 5) is 27.0. The number of nitrogens with zero attached hydrogens (tertiary/aromatic N) is 3. The van der Waals surface area contributed by atoms with Crippen LogP contribution in [-0.2, 0) is 35.5 Å². The number of carbonyl (C=O) groups is 2. The summed E-state index contributed by atoms with van der Waals surface area (Å²) < 4.78 is 31.1. The average Bonchev–Trinajstić information content (AvgIpc) is 3.52. The van der Waals surface area contributed by atoms with Gasteiger partial charge in [-0.15, -0.1) is 0 Å². The van der Waals surface area contributed by atoms with Crippen molar-refractivity contribution in [2.45, 2.75) is 39.8 Å². The van der Waals surface area contributed by atoms with Crippen LogP contribution in [0.15, 0.2) is 109 Å². The molecule has 0 aliphatic heterocycles. The molecule has 0 spiro atoms. The van der Waals surface area contributed by atoms with Gasteiger partial charge in [-0.2, -0.15) is 0 Å². The van der Waals surface area contributed by atoms with E-state index in [-0.39, 0.29) is 30.5 Å². The molecule has 10 heteroatoms. The first kappa shape index (κ1) is 34.9. The van der Waals surface area contributed by atoms with Gasteiger partial charge in [-0.25, -0.2) is 13.8 Å². The van der Waals surface area contributed by atoms with Crippen LogP contribution in [0.1, 0.15) is 33.8 Å². The molecule has 8 nitrogen and oxygen atoms in total. The summed E-state index contributed by atoms with van der Waals surface area (Å²) in [5.74, 6) is -2.46. The Labute approximate surface area is 302 Å². The van der Waals surface area contributed by atoms with Gasteiger partial charge in [0.2, 0.25) is 0 Å². The number of carboxylic acids is 2. The lowest BCUT2D eigenvalue weighted by Crippen LogP contribution is -2.10. The van der Waals surface area contributed by atoms with Crippen LogP contribution in [0.5, 0.6) is 5.75 Å². The van der Waals surface area contributed by atoms with Gasteiger partial charge < -0.3 is 24.5 Å². The first-order chi connectivity index (χ1) is 25.5. The van der Waals surface area contributed by atoms with E-state index in [1.165, 1.54) is 29.7 Å². The van der Waals surface area contributed by atoms with E-state index in [1.54, 1.807) is 33.4 Å². The van der Waals surface area contributed by atoms with Crippen molar-refractivity contribution in [1.82, 2.24) is 14.1 Å². The first-order valence-electron chi connectivity index (χ1n) is 17.0. The second-order valence-electron chi connectivity index (χ2n) is 13.1. The lowest BCUT2D eigenvalue weighted by Gasteiger charge is -2.07. The van der Waals surface area contributed by atoms with Crippen LogP contribution in [0.3, 0.4) is 0 Å². The third-order valence-corrected chi connectivity index (χ3v) is 9.73. The fourth-order valence-electron chi connectivity index (χ4n) is 7.18. The van der Waals surface area contributed by atoms with Crippen molar-refractivity contribution in [3.05, 3.63) is 155 Å². The molecule has 0 aliphatic rings. The van der Waals surface area contributed by atoms with E-state index in [1.807, 2.05) is 44.2 Å². The van der Waals surface area contributed by atoms with Crippen LogP contribution in [0, 0.1) is 25.5 Å². The Balaban J connectivity index is 0.000000164. The number of phenolic OH excluding ortho intramolecular Hbond substituents is 1. The van der Waals surface area contributed by atoms with Gasteiger partial charge in [-0.1, -0.05) is 60.7 Å². The summed E-state index contributed by atoms with van der Waals surface area (Å²) in [6, 6.07) is 32.3. The maximum atomic E-state index is 13.8. The summed E-state index contributed by atoms with van der Waals surface area (Å²) in [7, 11) is 0. The molecule has 0 unspecified atom stereocenters. The molecule has 0 bridgehead atoms. The van der Waals surface area contributed by atoms with Crippen molar-refractivity contribution in [1.29, 1.82) is 0 Å². The van der Waals surface area contributed by atoms with Crippen molar-refractivity contribution in [3.63, 3.8) is 0 Å². The zero-order chi connectivity index (χ0) is 37.4. The number of carboxylic acid groups (broad SMARTS) is 2. The molecule has 0 aliphatic carbocycles. The number of hydrogen-bond donors (Lipinski definition) is 3. The standard InChI is InChI=1S/C22H18FNO2.C21H17FN2O3/c1-14-19(11-15-6-7-16-4-2-3-5-17(16)10-15)20-12-18(23)8-9-21(20)24(14)13-22(25)26;1-12-16(10-15-7-5-13-3-2-4-19(25)21(13)23-15)17-9-14(22)6-8-18(17)24(12)11-20(26)27/h2-10,12H,11,13H2,1H3,(H,25,26);2-9,25H,10-11H2,1H3,(H,26,27). The summed E-state index contributed by atoms with van der Waals surface area (Å²) >= 11 is 0. The van der Waals surface area contributed by atoms with Crippen molar-refractivity contribution in [2.75, 3.05) is 0 Å². The second-order valence-corrected chi connectivity index (χ2v) is 13.1. The first-order valence-corrected chi connectivity index (χ1v) is 17.0. The molecule has 53 heavy (non-hydrogen) atoms. The molecule has 5 aromatic carbocycles. The maximum absolute atomic E-state index is 13.8. The zero-order valence-electron chi connectivity index (χ0n) is 29.0. The number of halogens is 2. The number of fused-ring (bicyclic) bond motifs is 4. The zero-order valence-corrected chi connectivity index (χ0v) is 29.0. The third-order valence-electron chi connectivity index (χ3n) is 9.73. The molecule has 0 fully saturated rings. The molecule has 0 saturated carbocycles. The Morgan fingerprint density at radius 3 is 1.77 bits per heavy atom. The number of phenols is 1. The fraction of sp³-hybridized carbons (Fsp3) is 0.140. The van der Waals surface area contributed by atoms with Gasteiger partial charge in [0.05, 0.1) is 0 Å². The van der Waals surface area contributed by atoms with Crippen molar-refractivity contribution < 1.29 is 33.7 Å². The molecule has 0 radical (unpaired) electrons. The highest BCUT2D eigenvalue weighted by Crippen LogP contribution is 2.31. The largest absolute Gasteiger partial charge is 0.506 e. The molecular formula is C43H35F2N3O5. The summed E-state index contributed by atoms with van der Waals surface area (Å²) in [5.41, 5.74) is 7.18. The normalized spacial score (nSPS) is 11.3. The smallest absolute Gasteiger partial charge is 0.323 e. The SMILES string of the molecule is Cc1c(Cc2ccc3cccc(O)c3n2)c2cc(F)ccc2n1CC(=O)O.Cc1c(Cc2ccc3ccccc3c2)c2cc(F)ccc2n1CC(=O)O. The number of aromatic nitrogens is 3. The fourth-order valence-corrected chi connectivity index (χ4v) is 7.18. The van der Waals surface area contributed by atoms with Crippen LogP contribution in [0.2, 0.25) is 0 Å². The predicted octanol–water partition coefficient (Wildman–Crippen LogP) is 8.94. The molecule has 0 saturated heterocycles. The molecule has 8 rings (SSSR count). The topological polar surface area (TPSA) is 118 Å². The van der Waals surface area contributed by atoms with Crippen LogP contribution in [0.25, 0.3) is 43.5 Å². The number of aliphatic carboxylic acids is 2. The van der Waals surface area contributed by atoms with Gasteiger partial charge in [0.15, 0.2) is 0 Å². The number of rotatable bonds is 8. The van der Waals surface area contributed by atoms with Crippen molar-refractivity contribution >= 4 is 55.4 Å². The monoisotopic (exact) mass is 711 g/mol. The number of hydrogen-bond acceptors (Lipinski definition) is 4. The van der Waals surface area contributed by atoms with Gasteiger partial charge in [-0.05, 0) is 96.3 Å². The van der Waals surface area contributed by atoms with E-state index in [4.69, 9.17) is 0 Å². The molecule has 3 aromatic heterocycles. The third kappa shape index (κ3) is 7.03. The molecular weight excluding hydrogens is 676 g/mol. The second kappa shape index (κ2) is 14.2. The van der Waals surface area contributed by atoms with E-state index < -0.39 is 11.9 Å². The van der Waals surface area contributed by atoms with Crippen LogP contribution in [-0.4, -0.2) is 41.4 Å². The lowest BCUT2D eigenvalue weighted by atomic mass is 9.99. The van der Waals surface area contributed by atoms with Gasteiger partial charge in [0.1, 0.15) is 36.0 Å². The predicted molar refractivity (Wildman–Crippen MR) is 202 cm³/mol. The van der Waals surface area contributed by atoms with E-state index in [9.17, 15) is 33.7 Å². The van der Waals surface area contributed by atoms with Gasteiger partial charge in [-0.3, -0.25) is 9.59 Å². The van der Waals surface area contributed by atoms with Crippen molar-refractivity contribution in [2.24, 2.45) is 0 Å². The summed E-state index contributed by atoms with van der Waals surface area (Å²) in [6.45, 7) is 3.40. The van der Waals surface area contributed by atoms with Crippen LogP contribution >= 0.6 is 0 Å². The minimum Gasteiger partial charge on any atom is -0.506 e. The summed E-state index contributed by atoms with van der Waals surface area (Å²) in [5, 5.41) is 33.1. The van der Waals surface area contributed by atoms with E-state index in [2.05, 4.69) is 35.3 Å². The lowest BCUT2D eigenvalue weighted by molar-refractivity contribution is -0.138. The highest BCUT2D eigenvalue weighted by Gasteiger charge is 2.19. The number of pyridine rings is 1. The Morgan fingerprint density at radius 2 is 1.17 bits per heavy atom. The van der Waals surface area contributed by atoms with Crippen LogP contribution in [0.4, 0.5) is 8.78 Å². The number of para-hydroxylation sites is 1. The van der Waals surface area contributed by atoms with Gasteiger partial charge in [0.25, 0.3) is 0 Å². The van der Waals surface area contributed by atoms with Gasteiger partial charge in [0, 0.05) is 50.7 Å². The van der Waals surface area contributed by atoms with Crippen LogP contribution < -0.4 is 0 Å². The molecule has 0 atom stereocenters. The number of aromatic hydroxyl groups is 1. The number of benzene rings is 5. The molecule has 0 amide bonds. The maximum Gasteiger partial charge on any atom is 0.323 e. The molecule has 3 N–H and O–H groups in total. The Morgan fingerprint density at radius 1 is 0.623 bits per heavy atom. The minimum atomic E-state index is -0.959. The van der Waals surface area contributed by atoms with E-state index in [0.717, 1.165) is 49.8 Å². The van der Waals surface area contributed by atoms with E-state index >= 15 is 0 Å². The van der Waals surface area contributed by atoms with E-state index in [0.29, 0.717) is 35.0 Å². The Kier molecular flexibility index (Phi) is 9.36. The summed E-state index contributed by atoms with van der Waals surface area (Å²) in [6.07, 6.45) is 1.03. The highest BCUT2D eigenvalue weighted by molar-refractivity contribution is 5.89. The quantitative estimate of drug-likeness (QED) is 0.145. The molecule has 8 aromatic rings. The Bertz CT molecular complexity index is 2710. The molecule has 3 heterocycles. The average molecular weight is 712 g/mol. The van der Waals surface area contributed by atoms with Crippen molar-refractivity contribution in [3.8, 4) is 5.75 Å².